The van der Waals surface area contributed by atoms with Crippen molar-refractivity contribution in [1.29, 1.82) is 0 Å². The highest BCUT2D eigenvalue weighted by molar-refractivity contribution is 6.74. The van der Waals surface area contributed by atoms with Crippen molar-refractivity contribution in [1.82, 2.24) is 15.1 Å². The molecule has 2 N–H and O–H groups in total. The molecule has 0 aliphatic heterocycles. The molecule has 0 saturated carbocycles. The maximum absolute atomic E-state index is 10.8. The molecule has 2 rings (SSSR count). The molecular weight excluding hydrogens is 324 g/mol. The van der Waals surface area contributed by atoms with Crippen molar-refractivity contribution in [2.24, 2.45) is 5.73 Å². The van der Waals surface area contributed by atoms with Crippen LogP contribution in [0.3, 0.4) is 0 Å². The third-order valence-electron chi connectivity index (χ3n) is 4.20. The topological polar surface area (TPSA) is 104 Å². The molecule has 0 unspecified atom stereocenters. The van der Waals surface area contributed by atoms with E-state index in [9.17, 15) is 4.79 Å². The molecular formula is C16H24N4O3Si. The lowest BCUT2D eigenvalue weighted by molar-refractivity contribution is -0.118. The van der Waals surface area contributed by atoms with Gasteiger partial charge in [0.05, 0.1) is 6.20 Å². The van der Waals surface area contributed by atoms with Crippen LogP contribution in [0.15, 0.2) is 22.9 Å². The van der Waals surface area contributed by atoms with E-state index < -0.39 is 14.2 Å². The van der Waals surface area contributed by atoms with Crippen LogP contribution < -0.4 is 10.2 Å². The summed E-state index contributed by atoms with van der Waals surface area (Å²) in [6.07, 6.45) is 2.18. The molecule has 0 spiro atoms. The molecule has 0 aliphatic carbocycles. The van der Waals surface area contributed by atoms with Gasteiger partial charge >= 0.3 is 0 Å². The number of hydrogen-bond acceptors (Lipinski definition) is 6. The Kier molecular flexibility index (Phi) is 5.07. The Morgan fingerprint density at radius 1 is 1.33 bits per heavy atom. The fourth-order valence-electron chi connectivity index (χ4n) is 1.71. The Bertz CT molecular complexity index is 705. The van der Waals surface area contributed by atoms with E-state index in [1.807, 2.05) is 6.07 Å². The van der Waals surface area contributed by atoms with Crippen molar-refractivity contribution in [3.05, 3.63) is 24.2 Å². The Morgan fingerprint density at radius 2 is 2.04 bits per heavy atom. The monoisotopic (exact) mass is 348 g/mol. The number of nitrogens with zero attached hydrogens (tertiary/aromatic N) is 3. The molecule has 0 radical (unpaired) electrons. The van der Waals surface area contributed by atoms with E-state index in [1.165, 1.54) is 0 Å². The molecule has 130 valence electrons. The second-order valence-electron chi connectivity index (χ2n) is 7.22. The Hall–Kier alpha value is -2.22. The predicted octanol–water partition coefficient (Wildman–Crippen LogP) is 2.93. The molecule has 0 aromatic carbocycles. The van der Waals surface area contributed by atoms with Crippen LogP contribution in [0.4, 0.5) is 0 Å². The van der Waals surface area contributed by atoms with E-state index in [4.69, 9.17) is 14.7 Å². The number of primary amides is 1. The van der Waals surface area contributed by atoms with Crippen LogP contribution in [0.25, 0.3) is 11.5 Å². The van der Waals surface area contributed by atoms with E-state index in [-0.39, 0.29) is 11.5 Å². The van der Waals surface area contributed by atoms with Gasteiger partial charge in [-0.15, -0.1) is 0 Å². The van der Waals surface area contributed by atoms with Gasteiger partial charge in [-0.05, 0) is 30.3 Å². The number of aromatic nitrogens is 3. The molecule has 1 amide bonds. The van der Waals surface area contributed by atoms with Gasteiger partial charge in [-0.1, -0.05) is 25.9 Å². The van der Waals surface area contributed by atoms with Gasteiger partial charge in [0.2, 0.25) is 17.6 Å². The van der Waals surface area contributed by atoms with Crippen molar-refractivity contribution < 1.29 is 13.7 Å². The van der Waals surface area contributed by atoms with E-state index in [1.54, 1.807) is 12.3 Å². The van der Waals surface area contributed by atoms with Crippen LogP contribution in [-0.2, 0) is 11.2 Å². The first kappa shape index (κ1) is 18.1. The van der Waals surface area contributed by atoms with Crippen molar-refractivity contribution >= 4 is 14.2 Å². The number of carbonyl (C=O) groups excluding carboxylic acids is 1. The number of amides is 1. The zero-order valence-corrected chi connectivity index (χ0v) is 15.8. The van der Waals surface area contributed by atoms with Gasteiger partial charge < -0.3 is 14.7 Å². The highest BCUT2D eigenvalue weighted by Crippen LogP contribution is 2.37. The number of pyridine rings is 1. The number of hydrogen-bond donors (Lipinski definition) is 1. The minimum atomic E-state index is -1.89. The molecule has 8 heteroatoms. The van der Waals surface area contributed by atoms with Crippen LogP contribution in [0.5, 0.6) is 5.75 Å². The minimum Gasteiger partial charge on any atom is -0.542 e. The predicted molar refractivity (Wildman–Crippen MR) is 92.9 cm³/mol. The molecule has 7 nitrogen and oxygen atoms in total. The van der Waals surface area contributed by atoms with Gasteiger partial charge in [-0.25, -0.2) is 4.98 Å². The van der Waals surface area contributed by atoms with E-state index in [0.29, 0.717) is 23.8 Å². The average Bonchev–Trinajstić information content (AvgIpc) is 2.93. The van der Waals surface area contributed by atoms with Gasteiger partial charge in [0.25, 0.3) is 8.32 Å². The third-order valence-corrected chi connectivity index (χ3v) is 8.56. The summed E-state index contributed by atoms with van der Waals surface area (Å²) in [4.78, 5) is 19.3. The first-order chi connectivity index (χ1) is 11.1. The van der Waals surface area contributed by atoms with Crippen LogP contribution in [-0.4, -0.2) is 29.3 Å². The normalized spacial score (nSPS) is 12.2. The first-order valence-electron chi connectivity index (χ1n) is 7.85. The fourth-order valence-corrected chi connectivity index (χ4v) is 2.73. The second-order valence-corrected chi connectivity index (χ2v) is 11.9. The maximum Gasteiger partial charge on any atom is 0.250 e. The van der Waals surface area contributed by atoms with Gasteiger partial charge in [0, 0.05) is 12.8 Å². The summed E-state index contributed by atoms with van der Waals surface area (Å²) >= 11 is 0. The van der Waals surface area contributed by atoms with Gasteiger partial charge in [-0.2, -0.15) is 4.98 Å². The molecule has 0 fully saturated rings. The quantitative estimate of drug-likeness (QED) is 0.805. The Balaban J connectivity index is 2.08. The summed E-state index contributed by atoms with van der Waals surface area (Å²) in [6, 6.07) is 3.66. The summed E-state index contributed by atoms with van der Waals surface area (Å²) < 4.78 is 11.3. The largest absolute Gasteiger partial charge is 0.542 e. The Labute approximate surface area is 142 Å². The summed E-state index contributed by atoms with van der Waals surface area (Å²) in [5.41, 5.74) is 5.69. The number of carbonyl (C=O) groups is 1. The lowest BCUT2D eigenvalue weighted by Gasteiger charge is -2.36. The van der Waals surface area contributed by atoms with Crippen molar-refractivity contribution in [3.8, 4) is 17.3 Å². The zero-order valence-electron chi connectivity index (χ0n) is 14.8. The van der Waals surface area contributed by atoms with Crippen LogP contribution in [0.2, 0.25) is 18.1 Å². The maximum atomic E-state index is 10.8. The van der Waals surface area contributed by atoms with Crippen molar-refractivity contribution in [2.75, 3.05) is 0 Å². The van der Waals surface area contributed by atoms with Crippen molar-refractivity contribution in [2.45, 2.75) is 51.7 Å². The summed E-state index contributed by atoms with van der Waals surface area (Å²) in [5, 5.41) is 3.99. The molecule has 0 aliphatic rings. The van der Waals surface area contributed by atoms with Gasteiger partial charge in [0.15, 0.2) is 0 Å². The highest BCUT2D eigenvalue weighted by Gasteiger charge is 2.39. The van der Waals surface area contributed by atoms with Crippen LogP contribution >= 0.6 is 0 Å². The lowest BCUT2D eigenvalue weighted by atomic mass is 10.2. The number of nitrogens with two attached hydrogens (primary N) is 1. The SMILES string of the molecule is CC(C)(C)[Si](C)(C)Oc1ccc(-c2noc(CCC(N)=O)n2)nc1. The van der Waals surface area contributed by atoms with Crippen LogP contribution in [0.1, 0.15) is 33.1 Å². The summed E-state index contributed by atoms with van der Waals surface area (Å²) in [5.74, 6) is 1.09. The molecule has 2 heterocycles. The van der Waals surface area contributed by atoms with E-state index in [2.05, 4.69) is 49.0 Å². The molecule has 24 heavy (non-hydrogen) atoms. The molecule has 0 bridgehead atoms. The fraction of sp³-hybridized carbons (Fsp3) is 0.500. The number of aryl methyl sites for hydroxylation is 1. The molecule has 0 saturated heterocycles. The molecule has 2 aromatic heterocycles. The van der Waals surface area contributed by atoms with E-state index >= 15 is 0 Å². The second kappa shape index (κ2) is 6.72. The van der Waals surface area contributed by atoms with Crippen molar-refractivity contribution in [3.63, 3.8) is 0 Å². The van der Waals surface area contributed by atoms with E-state index in [0.717, 1.165) is 5.75 Å². The average molecular weight is 348 g/mol. The van der Waals surface area contributed by atoms with Crippen LogP contribution in [0, 0.1) is 0 Å². The Morgan fingerprint density at radius 3 is 2.58 bits per heavy atom. The molecule has 2 aromatic rings. The lowest BCUT2D eigenvalue weighted by Crippen LogP contribution is -2.43. The third kappa shape index (κ3) is 4.41. The number of rotatable bonds is 6. The first-order valence-corrected chi connectivity index (χ1v) is 10.8. The minimum absolute atomic E-state index is 0.120. The summed E-state index contributed by atoms with van der Waals surface area (Å²) in [6.45, 7) is 10.9. The zero-order chi connectivity index (χ0) is 18.0. The molecule has 0 atom stereocenters. The summed E-state index contributed by atoms with van der Waals surface area (Å²) in [7, 11) is -1.89. The van der Waals surface area contributed by atoms with Gasteiger partial charge in [0.1, 0.15) is 11.4 Å². The standard InChI is InChI=1S/C16H24N4O3Si/c1-16(2,3)24(4,5)23-11-6-7-12(18-10-11)15-19-14(22-20-15)9-8-13(17)21/h6-7,10H,8-9H2,1-5H3,(H2,17,21). The smallest absolute Gasteiger partial charge is 0.250 e. The highest BCUT2D eigenvalue weighted by atomic mass is 28.4. The van der Waals surface area contributed by atoms with Gasteiger partial charge in [-0.3, -0.25) is 4.79 Å².